The van der Waals surface area contributed by atoms with Gasteiger partial charge in [-0.2, -0.15) is 0 Å². The van der Waals surface area contributed by atoms with Crippen molar-refractivity contribution in [3.05, 3.63) is 35.9 Å². The molecule has 5 nitrogen and oxygen atoms in total. The first-order valence-electron chi connectivity index (χ1n) is 5.44. The highest BCUT2D eigenvalue weighted by molar-refractivity contribution is 5.21. The Bertz CT molecular complexity index is 423. The van der Waals surface area contributed by atoms with Gasteiger partial charge in [-0.1, -0.05) is 35.4 Å². The number of anilines is 1. The summed E-state index contributed by atoms with van der Waals surface area (Å²) in [5.41, 5.74) is 1.29. The van der Waals surface area contributed by atoms with Crippen molar-refractivity contribution in [1.82, 2.24) is 20.2 Å². The second kappa shape index (κ2) is 5.25. The third kappa shape index (κ3) is 2.56. The molecule has 0 unspecified atom stereocenters. The van der Waals surface area contributed by atoms with Crippen molar-refractivity contribution in [2.45, 2.75) is 19.9 Å². The molecular weight excluding hydrogens is 202 g/mol. The molecule has 1 heterocycles. The Kier molecular flexibility index (Phi) is 3.48. The van der Waals surface area contributed by atoms with Crippen LogP contribution in [0.4, 0.5) is 5.95 Å². The van der Waals surface area contributed by atoms with Gasteiger partial charge in [0.2, 0.25) is 5.95 Å². The molecular formula is C11H15N5. The number of benzene rings is 1. The summed E-state index contributed by atoms with van der Waals surface area (Å²) in [4.78, 5) is 0. The number of aryl methyl sites for hydroxylation is 2. The fourth-order valence-corrected chi connectivity index (χ4v) is 1.52. The van der Waals surface area contributed by atoms with Crippen LogP contribution in [0, 0.1) is 0 Å². The second-order valence-electron chi connectivity index (χ2n) is 3.49. The fraction of sp³-hybridized carbons (Fsp3) is 0.364. The zero-order valence-corrected chi connectivity index (χ0v) is 9.30. The number of nitrogens with one attached hydrogen (secondary N) is 1. The quantitative estimate of drug-likeness (QED) is 0.821. The van der Waals surface area contributed by atoms with Crippen LogP contribution in [-0.2, 0) is 13.0 Å². The zero-order chi connectivity index (χ0) is 11.2. The summed E-state index contributed by atoms with van der Waals surface area (Å²) < 4.78 is 1.79. The van der Waals surface area contributed by atoms with Crippen molar-refractivity contribution >= 4 is 5.95 Å². The minimum Gasteiger partial charge on any atom is -0.353 e. The van der Waals surface area contributed by atoms with Gasteiger partial charge in [-0.15, -0.1) is 0 Å². The lowest BCUT2D eigenvalue weighted by atomic mass is 10.1. The molecule has 1 aromatic carbocycles. The van der Waals surface area contributed by atoms with E-state index in [1.807, 2.05) is 25.1 Å². The topological polar surface area (TPSA) is 55.6 Å². The molecule has 0 spiro atoms. The molecule has 0 fully saturated rings. The Hall–Kier alpha value is -1.91. The highest BCUT2D eigenvalue weighted by Crippen LogP contribution is 2.04. The molecule has 0 aliphatic rings. The van der Waals surface area contributed by atoms with Crippen LogP contribution in [0.25, 0.3) is 0 Å². The highest BCUT2D eigenvalue weighted by atomic mass is 15.6. The molecule has 0 aliphatic heterocycles. The number of rotatable bonds is 5. The van der Waals surface area contributed by atoms with Crippen molar-refractivity contribution in [3.8, 4) is 0 Å². The molecule has 5 heteroatoms. The van der Waals surface area contributed by atoms with E-state index in [-0.39, 0.29) is 0 Å². The van der Waals surface area contributed by atoms with Crippen molar-refractivity contribution in [1.29, 1.82) is 0 Å². The minimum atomic E-state index is 0.735. The van der Waals surface area contributed by atoms with E-state index in [2.05, 4.69) is 33.0 Å². The molecule has 1 N–H and O–H groups in total. The maximum absolute atomic E-state index is 3.94. The van der Waals surface area contributed by atoms with Gasteiger partial charge in [0.25, 0.3) is 0 Å². The minimum absolute atomic E-state index is 0.735. The summed E-state index contributed by atoms with van der Waals surface area (Å²) in [5, 5.41) is 14.6. The summed E-state index contributed by atoms with van der Waals surface area (Å²) in [5.74, 6) is 0.735. The molecule has 0 bridgehead atoms. The molecule has 0 saturated heterocycles. The molecule has 2 aromatic rings. The molecule has 0 amide bonds. The monoisotopic (exact) mass is 217 g/mol. The van der Waals surface area contributed by atoms with Crippen molar-refractivity contribution < 1.29 is 0 Å². The van der Waals surface area contributed by atoms with Crippen LogP contribution in [0.2, 0.25) is 0 Å². The average molecular weight is 217 g/mol. The van der Waals surface area contributed by atoms with Gasteiger partial charge >= 0.3 is 0 Å². The van der Waals surface area contributed by atoms with Crippen LogP contribution in [-0.4, -0.2) is 26.8 Å². The maximum atomic E-state index is 3.94. The van der Waals surface area contributed by atoms with E-state index in [4.69, 9.17) is 0 Å². The van der Waals surface area contributed by atoms with Crippen LogP contribution >= 0.6 is 0 Å². The van der Waals surface area contributed by atoms with Crippen LogP contribution < -0.4 is 5.32 Å². The average Bonchev–Trinajstić information content (AvgIpc) is 2.76. The number of hydrogen-bond acceptors (Lipinski definition) is 4. The molecule has 0 aliphatic carbocycles. The number of tetrazole rings is 1. The smallest absolute Gasteiger partial charge is 0.242 e. The third-order valence-corrected chi connectivity index (χ3v) is 2.32. The molecule has 0 radical (unpaired) electrons. The van der Waals surface area contributed by atoms with E-state index >= 15 is 0 Å². The predicted molar refractivity (Wildman–Crippen MR) is 62.1 cm³/mol. The van der Waals surface area contributed by atoms with Gasteiger partial charge in [0.15, 0.2) is 0 Å². The predicted octanol–water partition coefficient (Wildman–Crippen LogP) is 1.35. The Morgan fingerprint density at radius 1 is 1.25 bits per heavy atom. The molecule has 1 aromatic heterocycles. The first-order valence-corrected chi connectivity index (χ1v) is 5.44. The molecule has 84 valence electrons. The first-order chi connectivity index (χ1) is 7.90. The maximum Gasteiger partial charge on any atom is 0.242 e. The Labute approximate surface area is 94.5 Å². The number of hydrogen-bond donors (Lipinski definition) is 1. The largest absolute Gasteiger partial charge is 0.353 e. The third-order valence-electron chi connectivity index (χ3n) is 2.32. The van der Waals surface area contributed by atoms with Gasteiger partial charge in [0.1, 0.15) is 0 Å². The summed E-state index contributed by atoms with van der Waals surface area (Å²) in [6, 6.07) is 10.3. The SMILES string of the molecule is CCNc1nnnn1CCc1ccccc1. The summed E-state index contributed by atoms with van der Waals surface area (Å²) in [6.07, 6.45) is 0.935. The van der Waals surface area contributed by atoms with Crippen molar-refractivity contribution in [3.63, 3.8) is 0 Å². The van der Waals surface area contributed by atoms with Crippen molar-refractivity contribution in [2.24, 2.45) is 0 Å². The van der Waals surface area contributed by atoms with Crippen LogP contribution in [0.3, 0.4) is 0 Å². The van der Waals surface area contributed by atoms with E-state index in [1.165, 1.54) is 5.56 Å². The van der Waals surface area contributed by atoms with E-state index in [1.54, 1.807) is 4.68 Å². The lowest BCUT2D eigenvalue weighted by Crippen LogP contribution is -2.10. The lowest BCUT2D eigenvalue weighted by Gasteiger charge is -2.04. The Morgan fingerprint density at radius 3 is 2.81 bits per heavy atom. The van der Waals surface area contributed by atoms with E-state index in [9.17, 15) is 0 Å². The van der Waals surface area contributed by atoms with E-state index < -0.39 is 0 Å². The number of nitrogens with zero attached hydrogens (tertiary/aromatic N) is 4. The molecule has 0 atom stereocenters. The highest BCUT2D eigenvalue weighted by Gasteiger charge is 2.03. The molecule has 0 saturated carbocycles. The van der Waals surface area contributed by atoms with Crippen LogP contribution in [0.1, 0.15) is 12.5 Å². The molecule has 2 rings (SSSR count). The summed E-state index contributed by atoms with van der Waals surface area (Å²) >= 11 is 0. The second-order valence-corrected chi connectivity index (χ2v) is 3.49. The van der Waals surface area contributed by atoms with Gasteiger partial charge in [-0.05, 0) is 29.3 Å². The van der Waals surface area contributed by atoms with Crippen LogP contribution in [0.15, 0.2) is 30.3 Å². The van der Waals surface area contributed by atoms with Crippen LogP contribution in [0.5, 0.6) is 0 Å². The lowest BCUT2D eigenvalue weighted by molar-refractivity contribution is 0.593. The Balaban J connectivity index is 1.97. The first kappa shape index (κ1) is 10.6. The normalized spacial score (nSPS) is 10.3. The Morgan fingerprint density at radius 2 is 2.06 bits per heavy atom. The fourth-order valence-electron chi connectivity index (χ4n) is 1.52. The van der Waals surface area contributed by atoms with Gasteiger partial charge < -0.3 is 5.32 Å². The van der Waals surface area contributed by atoms with E-state index in [0.717, 1.165) is 25.5 Å². The van der Waals surface area contributed by atoms with Gasteiger partial charge in [0.05, 0.1) is 6.54 Å². The summed E-state index contributed by atoms with van der Waals surface area (Å²) in [6.45, 7) is 3.64. The molecule has 16 heavy (non-hydrogen) atoms. The van der Waals surface area contributed by atoms with E-state index in [0.29, 0.717) is 0 Å². The summed E-state index contributed by atoms with van der Waals surface area (Å²) in [7, 11) is 0. The van der Waals surface area contributed by atoms with Crippen molar-refractivity contribution in [2.75, 3.05) is 11.9 Å². The zero-order valence-electron chi connectivity index (χ0n) is 9.30. The standard InChI is InChI=1S/C11H15N5/c1-2-12-11-13-14-15-16(11)9-8-10-6-4-3-5-7-10/h3-7H,2,8-9H2,1H3,(H,12,13,15). The van der Waals surface area contributed by atoms with Gasteiger partial charge in [0, 0.05) is 6.54 Å². The number of aromatic nitrogens is 4. The van der Waals surface area contributed by atoms with Gasteiger partial charge in [-0.3, -0.25) is 0 Å². The van der Waals surface area contributed by atoms with Gasteiger partial charge in [-0.25, -0.2) is 4.68 Å².